The number of rotatable bonds is 13. The van der Waals surface area contributed by atoms with Gasteiger partial charge in [0.05, 0.1) is 0 Å². The van der Waals surface area contributed by atoms with E-state index in [4.69, 9.17) is 0 Å². The number of hydrogen-bond donors (Lipinski definition) is 0. The van der Waals surface area contributed by atoms with Crippen molar-refractivity contribution in [3.8, 4) is 0 Å². The Morgan fingerprint density at radius 2 is 1.22 bits per heavy atom. The van der Waals surface area contributed by atoms with Gasteiger partial charge in [-0.15, -0.1) is 0 Å². The summed E-state index contributed by atoms with van der Waals surface area (Å²) in [4.78, 5) is 0. The van der Waals surface area contributed by atoms with Crippen molar-refractivity contribution >= 4 is 0 Å². The van der Waals surface area contributed by atoms with Crippen molar-refractivity contribution in [3.05, 3.63) is 37.0 Å². The molecule has 0 heterocycles. The molecule has 0 atom stereocenters. The predicted octanol–water partition coefficient (Wildman–Crippen LogP) is 6.60. The lowest BCUT2D eigenvalue weighted by atomic mass is 10.1. The van der Waals surface area contributed by atoms with E-state index >= 15 is 0 Å². The van der Waals surface area contributed by atoms with Crippen LogP contribution in [0, 0.1) is 0 Å². The highest BCUT2D eigenvalue weighted by Gasteiger charge is 1.91. The van der Waals surface area contributed by atoms with Gasteiger partial charge in [0.15, 0.2) is 0 Å². The predicted molar refractivity (Wildman–Crippen MR) is 84.9 cm³/mol. The fraction of sp³-hybridized carbons (Fsp3) is 0.667. The second kappa shape index (κ2) is 16.2. The summed E-state index contributed by atoms with van der Waals surface area (Å²) in [5.41, 5.74) is 0. The van der Waals surface area contributed by atoms with Crippen molar-refractivity contribution in [2.75, 3.05) is 0 Å². The second-order valence-corrected chi connectivity index (χ2v) is 5.02. The van der Waals surface area contributed by atoms with E-state index in [2.05, 4.69) is 25.7 Å². The SMILES string of the molecule is C=CC=C/C=C\CCCCCCCCCCCC. The third-order valence-electron chi connectivity index (χ3n) is 3.22. The average molecular weight is 248 g/mol. The summed E-state index contributed by atoms with van der Waals surface area (Å²) in [5.74, 6) is 0. The normalized spacial score (nSPS) is 11.6. The topological polar surface area (TPSA) is 0 Å². The van der Waals surface area contributed by atoms with Crippen LogP contribution >= 0.6 is 0 Å². The summed E-state index contributed by atoms with van der Waals surface area (Å²) in [6.45, 7) is 5.92. The molecule has 0 aliphatic heterocycles. The minimum atomic E-state index is 1.22. The van der Waals surface area contributed by atoms with Crippen LogP contribution in [0.2, 0.25) is 0 Å². The first-order valence-electron chi connectivity index (χ1n) is 7.86. The number of unbranched alkanes of at least 4 members (excludes halogenated alkanes) is 10. The summed E-state index contributed by atoms with van der Waals surface area (Å²) in [6.07, 6.45) is 25.6. The molecule has 18 heavy (non-hydrogen) atoms. The molecule has 0 saturated carbocycles. The number of hydrogen-bond acceptors (Lipinski definition) is 0. The minimum absolute atomic E-state index is 1.22. The zero-order valence-electron chi connectivity index (χ0n) is 12.4. The molecule has 0 saturated heterocycles. The van der Waals surface area contributed by atoms with Gasteiger partial charge < -0.3 is 0 Å². The fourth-order valence-electron chi connectivity index (χ4n) is 2.07. The smallest absolute Gasteiger partial charge is 0.0348 e. The molecule has 0 heteroatoms. The molecule has 104 valence electrons. The summed E-state index contributed by atoms with van der Waals surface area (Å²) in [6, 6.07) is 0. The van der Waals surface area contributed by atoms with Crippen LogP contribution in [-0.4, -0.2) is 0 Å². The van der Waals surface area contributed by atoms with Crippen LogP contribution in [0.1, 0.15) is 77.6 Å². The third-order valence-corrected chi connectivity index (χ3v) is 3.22. The highest BCUT2D eigenvalue weighted by atomic mass is 14.0. The molecule has 0 aliphatic rings. The van der Waals surface area contributed by atoms with Crippen molar-refractivity contribution in [1.29, 1.82) is 0 Å². The van der Waals surface area contributed by atoms with E-state index in [0.29, 0.717) is 0 Å². The van der Waals surface area contributed by atoms with Gasteiger partial charge in [0.25, 0.3) is 0 Å². The summed E-state index contributed by atoms with van der Waals surface area (Å²) in [7, 11) is 0. The molecule has 0 unspecified atom stereocenters. The molecule has 0 amide bonds. The Morgan fingerprint density at radius 3 is 1.78 bits per heavy atom. The Kier molecular flexibility index (Phi) is 15.5. The maximum atomic E-state index is 3.64. The molecule has 0 bridgehead atoms. The lowest BCUT2D eigenvalue weighted by Gasteiger charge is -2.01. The van der Waals surface area contributed by atoms with Crippen LogP contribution < -0.4 is 0 Å². The Hall–Kier alpha value is -0.780. The molecule has 0 aromatic rings. The molecule has 0 rings (SSSR count). The van der Waals surface area contributed by atoms with Crippen molar-refractivity contribution < 1.29 is 0 Å². The Bertz CT molecular complexity index is 210. The molecule has 0 radical (unpaired) electrons. The first-order valence-corrected chi connectivity index (χ1v) is 7.86. The summed E-state index contributed by atoms with van der Waals surface area (Å²) >= 11 is 0. The quantitative estimate of drug-likeness (QED) is 0.254. The van der Waals surface area contributed by atoms with Crippen LogP contribution in [0.3, 0.4) is 0 Å². The van der Waals surface area contributed by atoms with Gasteiger partial charge in [-0.1, -0.05) is 102 Å². The van der Waals surface area contributed by atoms with E-state index in [1.807, 2.05) is 18.2 Å². The molecule has 0 fully saturated rings. The van der Waals surface area contributed by atoms with Crippen molar-refractivity contribution in [2.24, 2.45) is 0 Å². The van der Waals surface area contributed by atoms with Gasteiger partial charge in [-0.05, 0) is 12.8 Å². The summed E-state index contributed by atoms with van der Waals surface area (Å²) < 4.78 is 0. The van der Waals surface area contributed by atoms with Gasteiger partial charge in [-0.3, -0.25) is 0 Å². The van der Waals surface area contributed by atoms with E-state index < -0.39 is 0 Å². The molecule has 0 spiro atoms. The van der Waals surface area contributed by atoms with Crippen LogP contribution in [-0.2, 0) is 0 Å². The molecular weight excluding hydrogens is 216 g/mol. The summed E-state index contributed by atoms with van der Waals surface area (Å²) in [5, 5.41) is 0. The zero-order valence-corrected chi connectivity index (χ0v) is 12.4. The number of allylic oxidation sites excluding steroid dienone is 5. The van der Waals surface area contributed by atoms with Crippen molar-refractivity contribution in [1.82, 2.24) is 0 Å². The van der Waals surface area contributed by atoms with E-state index in [9.17, 15) is 0 Å². The van der Waals surface area contributed by atoms with Gasteiger partial charge in [-0.25, -0.2) is 0 Å². The third kappa shape index (κ3) is 15.2. The lowest BCUT2D eigenvalue weighted by molar-refractivity contribution is 0.557. The Morgan fingerprint density at radius 1 is 0.667 bits per heavy atom. The minimum Gasteiger partial charge on any atom is -0.0991 e. The maximum absolute atomic E-state index is 3.64. The van der Waals surface area contributed by atoms with Crippen LogP contribution in [0.5, 0.6) is 0 Å². The highest BCUT2D eigenvalue weighted by Crippen LogP contribution is 2.11. The van der Waals surface area contributed by atoms with Gasteiger partial charge >= 0.3 is 0 Å². The first kappa shape index (κ1) is 17.2. The fourth-order valence-corrected chi connectivity index (χ4v) is 2.07. The van der Waals surface area contributed by atoms with E-state index in [-0.39, 0.29) is 0 Å². The molecule has 0 nitrogen and oxygen atoms in total. The molecule has 0 aromatic carbocycles. The molecular formula is C18H32. The van der Waals surface area contributed by atoms with Crippen LogP contribution in [0.4, 0.5) is 0 Å². The average Bonchev–Trinajstić information content (AvgIpc) is 2.39. The van der Waals surface area contributed by atoms with E-state index in [1.54, 1.807) is 0 Å². The van der Waals surface area contributed by atoms with Crippen LogP contribution in [0.25, 0.3) is 0 Å². The van der Waals surface area contributed by atoms with E-state index in [0.717, 1.165) is 0 Å². The zero-order chi connectivity index (χ0) is 13.3. The Balaban J connectivity index is 3.05. The second-order valence-electron chi connectivity index (χ2n) is 5.02. The lowest BCUT2D eigenvalue weighted by Crippen LogP contribution is -1.81. The molecule has 0 N–H and O–H groups in total. The van der Waals surface area contributed by atoms with Gasteiger partial charge in [0.2, 0.25) is 0 Å². The van der Waals surface area contributed by atoms with Crippen LogP contribution in [0.15, 0.2) is 37.0 Å². The maximum Gasteiger partial charge on any atom is -0.0348 e. The highest BCUT2D eigenvalue weighted by molar-refractivity contribution is 5.08. The molecule has 0 aliphatic carbocycles. The van der Waals surface area contributed by atoms with E-state index in [1.165, 1.54) is 70.6 Å². The van der Waals surface area contributed by atoms with Crippen molar-refractivity contribution in [3.63, 3.8) is 0 Å². The first-order chi connectivity index (χ1) is 8.91. The van der Waals surface area contributed by atoms with Gasteiger partial charge in [0, 0.05) is 0 Å². The Labute approximate surface area is 115 Å². The monoisotopic (exact) mass is 248 g/mol. The molecule has 0 aromatic heterocycles. The van der Waals surface area contributed by atoms with Crippen molar-refractivity contribution in [2.45, 2.75) is 77.6 Å². The largest absolute Gasteiger partial charge is 0.0991 e. The standard InChI is InChI=1S/C18H32/c1-3-5-7-9-11-13-15-17-18-16-14-12-10-8-6-4-2/h3,5,7,9,11H,1,4,6,8,10,12-18H2,2H3/b7-5?,11-9-. The van der Waals surface area contributed by atoms with Gasteiger partial charge in [0.1, 0.15) is 0 Å². The van der Waals surface area contributed by atoms with Gasteiger partial charge in [-0.2, -0.15) is 0 Å².